The van der Waals surface area contributed by atoms with Crippen LogP contribution in [0.2, 0.25) is 0 Å². The lowest BCUT2D eigenvalue weighted by atomic mass is 10.0. The van der Waals surface area contributed by atoms with Crippen molar-refractivity contribution in [2.24, 2.45) is 0 Å². The van der Waals surface area contributed by atoms with Crippen LogP contribution in [-0.4, -0.2) is 84.2 Å². The van der Waals surface area contributed by atoms with Gasteiger partial charge in [-0.3, -0.25) is 9.69 Å². The number of carbonyl (C=O) groups excluding carboxylic acids is 2. The molecule has 31 heavy (non-hydrogen) atoms. The highest BCUT2D eigenvalue weighted by molar-refractivity contribution is 5.70. The molecule has 0 radical (unpaired) electrons. The molecule has 0 spiro atoms. The van der Waals surface area contributed by atoms with E-state index in [1.807, 2.05) is 56.0 Å². The van der Waals surface area contributed by atoms with Gasteiger partial charge in [-0.15, -0.1) is 0 Å². The van der Waals surface area contributed by atoms with Crippen molar-refractivity contribution in [2.45, 2.75) is 58.3 Å². The molecule has 2 heterocycles. The Labute approximate surface area is 186 Å². The van der Waals surface area contributed by atoms with E-state index < -0.39 is 5.60 Å². The van der Waals surface area contributed by atoms with Gasteiger partial charge in [-0.25, -0.2) is 4.79 Å². The first kappa shape index (κ1) is 23.5. The number of esters is 1. The fourth-order valence-electron chi connectivity index (χ4n) is 4.22. The van der Waals surface area contributed by atoms with E-state index in [-0.39, 0.29) is 12.1 Å². The number of hydrogen-bond acceptors (Lipinski definition) is 6. The first-order chi connectivity index (χ1) is 14.8. The molecule has 0 atom stereocenters. The van der Waals surface area contributed by atoms with E-state index in [0.29, 0.717) is 19.1 Å². The summed E-state index contributed by atoms with van der Waals surface area (Å²) in [5, 5.41) is 0. The highest BCUT2D eigenvalue weighted by Crippen LogP contribution is 2.19. The molecule has 0 unspecified atom stereocenters. The summed E-state index contributed by atoms with van der Waals surface area (Å²) in [6.45, 7) is 12.3. The van der Waals surface area contributed by atoms with E-state index in [4.69, 9.17) is 9.47 Å². The second-order valence-corrected chi connectivity index (χ2v) is 9.47. The summed E-state index contributed by atoms with van der Waals surface area (Å²) in [4.78, 5) is 31.0. The Balaban J connectivity index is 1.32. The highest BCUT2D eigenvalue weighted by atomic mass is 16.6. The SMILES string of the molecule is CC(C)(C)OC(=O)CCN1CCN(C2CCN(C(=O)OCc3ccccc3)CC2)CC1. The molecule has 2 aliphatic rings. The van der Waals surface area contributed by atoms with E-state index in [1.165, 1.54) is 0 Å². The van der Waals surface area contributed by atoms with Crippen molar-refractivity contribution in [2.75, 3.05) is 45.8 Å². The largest absolute Gasteiger partial charge is 0.460 e. The van der Waals surface area contributed by atoms with Gasteiger partial charge in [0.15, 0.2) is 0 Å². The predicted molar refractivity (Wildman–Crippen MR) is 120 cm³/mol. The number of ether oxygens (including phenoxy) is 2. The van der Waals surface area contributed by atoms with E-state index in [2.05, 4.69) is 9.80 Å². The zero-order valence-electron chi connectivity index (χ0n) is 19.2. The molecule has 2 fully saturated rings. The van der Waals surface area contributed by atoms with Gasteiger partial charge in [0.25, 0.3) is 0 Å². The van der Waals surface area contributed by atoms with Crippen molar-refractivity contribution < 1.29 is 19.1 Å². The number of piperazine rings is 1. The van der Waals surface area contributed by atoms with Crippen molar-refractivity contribution >= 4 is 12.1 Å². The Morgan fingerprint density at radius 1 is 0.968 bits per heavy atom. The first-order valence-electron chi connectivity index (χ1n) is 11.4. The summed E-state index contributed by atoms with van der Waals surface area (Å²) in [6, 6.07) is 10.3. The third kappa shape index (κ3) is 7.82. The van der Waals surface area contributed by atoms with Gasteiger partial charge in [0.1, 0.15) is 12.2 Å². The number of amides is 1. The van der Waals surface area contributed by atoms with Gasteiger partial charge in [-0.1, -0.05) is 30.3 Å². The molecular formula is C24H37N3O4. The van der Waals surface area contributed by atoms with Crippen LogP contribution < -0.4 is 0 Å². The topological polar surface area (TPSA) is 62.3 Å². The lowest BCUT2D eigenvalue weighted by Gasteiger charge is -2.42. The van der Waals surface area contributed by atoms with Crippen LogP contribution >= 0.6 is 0 Å². The molecule has 1 aromatic rings. The minimum Gasteiger partial charge on any atom is -0.460 e. The zero-order valence-corrected chi connectivity index (χ0v) is 19.2. The summed E-state index contributed by atoms with van der Waals surface area (Å²) in [5.74, 6) is -0.124. The van der Waals surface area contributed by atoms with Gasteiger partial charge in [0.2, 0.25) is 0 Å². The predicted octanol–water partition coefficient (Wildman–Crippen LogP) is 3.14. The summed E-state index contributed by atoms with van der Waals surface area (Å²) in [6.07, 6.45) is 2.20. The summed E-state index contributed by atoms with van der Waals surface area (Å²) < 4.78 is 10.9. The molecule has 172 valence electrons. The summed E-state index contributed by atoms with van der Waals surface area (Å²) in [7, 11) is 0. The molecular weight excluding hydrogens is 394 g/mol. The van der Waals surface area contributed by atoms with Crippen molar-refractivity contribution in [3.05, 3.63) is 35.9 Å². The number of likely N-dealkylation sites (tertiary alicyclic amines) is 1. The lowest BCUT2D eigenvalue weighted by Crippen LogP contribution is -2.54. The number of hydrogen-bond donors (Lipinski definition) is 0. The molecule has 3 rings (SSSR count). The van der Waals surface area contributed by atoms with E-state index in [1.54, 1.807) is 0 Å². The zero-order chi connectivity index (χ0) is 22.3. The van der Waals surface area contributed by atoms with Gasteiger partial charge < -0.3 is 19.3 Å². The van der Waals surface area contributed by atoms with Gasteiger partial charge in [-0.2, -0.15) is 0 Å². The van der Waals surface area contributed by atoms with E-state index >= 15 is 0 Å². The van der Waals surface area contributed by atoms with Crippen molar-refractivity contribution in [1.82, 2.24) is 14.7 Å². The Bertz CT molecular complexity index is 703. The molecule has 0 aromatic heterocycles. The van der Waals surface area contributed by atoms with Gasteiger partial charge in [-0.05, 0) is 39.2 Å². The van der Waals surface area contributed by atoms with Crippen LogP contribution in [-0.2, 0) is 20.9 Å². The molecule has 0 N–H and O–H groups in total. The molecule has 0 aliphatic carbocycles. The van der Waals surface area contributed by atoms with Gasteiger partial charge in [0, 0.05) is 51.9 Å². The Hall–Kier alpha value is -2.12. The quantitative estimate of drug-likeness (QED) is 0.645. The van der Waals surface area contributed by atoms with Crippen LogP contribution in [0.15, 0.2) is 30.3 Å². The third-order valence-electron chi connectivity index (χ3n) is 5.90. The molecule has 2 aliphatic heterocycles. The number of piperidine rings is 1. The average molecular weight is 432 g/mol. The van der Waals surface area contributed by atoms with Crippen molar-refractivity contribution in [3.63, 3.8) is 0 Å². The average Bonchev–Trinajstić information content (AvgIpc) is 2.76. The summed E-state index contributed by atoms with van der Waals surface area (Å²) >= 11 is 0. The maximum Gasteiger partial charge on any atom is 0.410 e. The molecule has 1 amide bonds. The van der Waals surface area contributed by atoms with Crippen molar-refractivity contribution in [3.8, 4) is 0 Å². The maximum atomic E-state index is 12.4. The number of benzene rings is 1. The lowest BCUT2D eigenvalue weighted by molar-refractivity contribution is -0.155. The van der Waals surface area contributed by atoms with Crippen molar-refractivity contribution in [1.29, 1.82) is 0 Å². The van der Waals surface area contributed by atoms with Crippen LogP contribution in [0.25, 0.3) is 0 Å². The Morgan fingerprint density at radius 2 is 1.61 bits per heavy atom. The molecule has 0 bridgehead atoms. The Kier molecular flexibility index (Phi) is 8.32. The van der Waals surface area contributed by atoms with E-state index in [0.717, 1.165) is 64.2 Å². The number of rotatable bonds is 6. The van der Waals surface area contributed by atoms with Gasteiger partial charge in [0.05, 0.1) is 6.42 Å². The monoisotopic (exact) mass is 431 g/mol. The second-order valence-electron chi connectivity index (χ2n) is 9.47. The van der Waals surface area contributed by atoms with Gasteiger partial charge >= 0.3 is 12.1 Å². The molecule has 7 nitrogen and oxygen atoms in total. The third-order valence-corrected chi connectivity index (χ3v) is 5.90. The fraction of sp³-hybridized carbons (Fsp3) is 0.667. The fourth-order valence-corrected chi connectivity index (χ4v) is 4.22. The highest BCUT2D eigenvalue weighted by Gasteiger charge is 2.29. The molecule has 1 aromatic carbocycles. The molecule has 7 heteroatoms. The van der Waals surface area contributed by atoms with Crippen LogP contribution in [0.5, 0.6) is 0 Å². The normalized spacial score (nSPS) is 19.3. The smallest absolute Gasteiger partial charge is 0.410 e. The number of nitrogens with zero attached hydrogens (tertiary/aromatic N) is 3. The molecule has 2 saturated heterocycles. The number of carbonyl (C=O) groups is 2. The van der Waals surface area contributed by atoms with E-state index in [9.17, 15) is 9.59 Å². The maximum absolute atomic E-state index is 12.4. The first-order valence-corrected chi connectivity index (χ1v) is 11.4. The standard InChI is InChI=1S/C24H37N3O4/c1-24(2,3)31-22(28)11-12-25-15-17-26(18-16-25)21-9-13-27(14-10-21)23(29)30-19-20-7-5-4-6-8-20/h4-8,21H,9-19H2,1-3H3. The molecule has 0 saturated carbocycles. The minimum atomic E-state index is -0.418. The minimum absolute atomic E-state index is 0.124. The van der Waals surface area contributed by atoms with Crippen LogP contribution in [0.1, 0.15) is 45.6 Å². The van der Waals surface area contributed by atoms with Crippen LogP contribution in [0.3, 0.4) is 0 Å². The second kappa shape index (κ2) is 11.0. The Morgan fingerprint density at radius 3 is 2.23 bits per heavy atom. The summed E-state index contributed by atoms with van der Waals surface area (Å²) in [5.41, 5.74) is 0.591. The van der Waals surface area contributed by atoms with Crippen LogP contribution in [0, 0.1) is 0 Å². The van der Waals surface area contributed by atoms with Crippen LogP contribution in [0.4, 0.5) is 4.79 Å².